The Morgan fingerprint density at radius 3 is 1.61 bits per heavy atom. The third kappa shape index (κ3) is 7.25. The van der Waals surface area contributed by atoms with Gasteiger partial charge < -0.3 is 14.7 Å². The summed E-state index contributed by atoms with van der Waals surface area (Å²) in [6.45, 7) is 20.8. The Hall–Kier alpha value is -7.56. The number of aryl methyl sites for hydroxylation is 1. The van der Waals surface area contributed by atoms with Gasteiger partial charge in [0.2, 0.25) is 0 Å². The average molecular weight is 920 g/mol. The number of hydrogen-bond acceptors (Lipinski definition) is 3. The summed E-state index contributed by atoms with van der Waals surface area (Å²) in [5, 5.41) is 0. The van der Waals surface area contributed by atoms with E-state index in [2.05, 4.69) is 271 Å². The smallest absolute Gasteiger partial charge is 0.252 e. The highest BCUT2D eigenvalue weighted by atomic mass is 15.2. The van der Waals surface area contributed by atoms with Crippen molar-refractivity contribution in [1.82, 2.24) is 0 Å². The fourth-order valence-corrected chi connectivity index (χ4v) is 11.9. The van der Waals surface area contributed by atoms with Crippen molar-refractivity contribution in [2.75, 3.05) is 14.7 Å². The molecule has 348 valence electrons. The van der Waals surface area contributed by atoms with Crippen LogP contribution in [-0.2, 0) is 5.41 Å². The zero-order valence-electron chi connectivity index (χ0n) is 42.6. The number of fused-ring (bicyclic) bond motifs is 7. The predicted molar refractivity (Wildman–Crippen MR) is 305 cm³/mol. The van der Waals surface area contributed by atoms with Crippen molar-refractivity contribution < 1.29 is 0 Å². The molecule has 0 saturated heterocycles. The predicted octanol–water partition coefficient (Wildman–Crippen LogP) is 16.9. The first kappa shape index (κ1) is 44.6. The summed E-state index contributed by atoms with van der Waals surface area (Å²) in [5.74, 6) is 1.15. The standard InChI is InChI=1S/C67H62BN3/c1-42(2)46-27-31-51(32-28-46)70-62-35-29-48(43(3)4)37-59(62)68-60-38-49(44(5)6)30-36-63(60)71(61-22-16-14-19-54(61)47-25-23-45(7)24-26-47)65-41-53(40-64(70)66(65)68)69(50-17-11-10-12-18-50)52-33-34-56-55-20-13-15-21-57(55)67(8,9)58(56)39-52/h10-44H,1-9H3. The van der Waals surface area contributed by atoms with Crippen LogP contribution in [0.5, 0.6) is 0 Å². The molecule has 0 unspecified atom stereocenters. The summed E-state index contributed by atoms with van der Waals surface area (Å²) in [6, 6.07) is 74.2. The molecule has 0 amide bonds. The van der Waals surface area contributed by atoms with Crippen LogP contribution in [0.3, 0.4) is 0 Å². The maximum Gasteiger partial charge on any atom is 0.252 e. The van der Waals surface area contributed by atoms with Crippen LogP contribution < -0.4 is 31.1 Å². The van der Waals surface area contributed by atoms with Gasteiger partial charge in [-0.1, -0.05) is 188 Å². The molecule has 12 rings (SSSR count). The van der Waals surface area contributed by atoms with Crippen molar-refractivity contribution in [3.8, 4) is 22.3 Å². The molecule has 0 fully saturated rings. The largest absolute Gasteiger partial charge is 0.311 e. The van der Waals surface area contributed by atoms with E-state index in [0.29, 0.717) is 17.8 Å². The average Bonchev–Trinajstić information content (AvgIpc) is 3.61. The SMILES string of the molecule is Cc1ccc(-c2ccccc2N2c3ccc(C(C)C)cc3B3c4cc(C(C)C)ccc4N(c4ccc(C(C)C)cc4)c4cc(N(c5ccccc5)c5ccc6c(c5)C(C)(C)c5ccccc5-6)cc2c43)cc1. The summed E-state index contributed by atoms with van der Waals surface area (Å²) in [6.07, 6.45) is 0. The first-order valence-corrected chi connectivity index (χ1v) is 25.8. The summed E-state index contributed by atoms with van der Waals surface area (Å²) in [7, 11) is 0. The first-order valence-electron chi connectivity index (χ1n) is 25.8. The lowest BCUT2D eigenvalue weighted by atomic mass is 9.33. The Morgan fingerprint density at radius 1 is 0.408 bits per heavy atom. The first-order chi connectivity index (χ1) is 34.4. The molecule has 0 bridgehead atoms. The molecular formula is C67H62BN3. The molecule has 0 atom stereocenters. The van der Waals surface area contributed by atoms with E-state index in [4.69, 9.17) is 0 Å². The number of rotatable bonds is 9. The Labute approximate surface area is 422 Å². The quantitative estimate of drug-likeness (QED) is 0.134. The monoisotopic (exact) mass is 920 g/mol. The Morgan fingerprint density at radius 2 is 0.958 bits per heavy atom. The Bertz CT molecular complexity index is 3510. The van der Waals surface area contributed by atoms with Gasteiger partial charge in [-0.3, -0.25) is 0 Å². The molecule has 2 aliphatic heterocycles. The maximum atomic E-state index is 2.61. The van der Waals surface area contributed by atoms with Crippen molar-refractivity contribution >= 4 is 74.3 Å². The molecule has 0 aromatic heterocycles. The molecule has 0 spiro atoms. The summed E-state index contributed by atoms with van der Waals surface area (Å²) in [4.78, 5) is 7.69. The van der Waals surface area contributed by atoms with E-state index in [0.717, 1.165) is 28.4 Å². The van der Waals surface area contributed by atoms with E-state index in [-0.39, 0.29) is 12.1 Å². The lowest BCUT2D eigenvalue weighted by molar-refractivity contribution is 0.660. The van der Waals surface area contributed by atoms with Gasteiger partial charge in [0.05, 0.1) is 11.4 Å². The molecule has 0 N–H and O–H groups in total. The molecule has 0 radical (unpaired) electrons. The van der Waals surface area contributed by atoms with Gasteiger partial charge in [0.1, 0.15) is 0 Å². The fourth-order valence-electron chi connectivity index (χ4n) is 11.9. The molecule has 3 nitrogen and oxygen atoms in total. The molecule has 3 aliphatic rings. The second-order valence-electron chi connectivity index (χ2n) is 21.6. The van der Waals surface area contributed by atoms with Gasteiger partial charge >= 0.3 is 0 Å². The zero-order valence-corrected chi connectivity index (χ0v) is 42.6. The topological polar surface area (TPSA) is 9.72 Å². The number of hydrogen-bond donors (Lipinski definition) is 0. The molecule has 0 saturated carbocycles. The van der Waals surface area contributed by atoms with Crippen LogP contribution in [0.2, 0.25) is 0 Å². The third-order valence-electron chi connectivity index (χ3n) is 15.9. The van der Waals surface area contributed by atoms with Gasteiger partial charge in [-0.15, -0.1) is 0 Å². The van der Waals surface area contributed by atoms with Crippen molar-refractivity contribution in [2.45, 2.75) is 85.5 Å². The number of nitrogens with zero attached hydrogens (tertiary/aromatic N) is 3. The van der Waals surface area contributed by atoms with Crippen LogP contribution >= 0.6 is 0 Å². The normalized spacial score (nSPS) is 13.8. The van der Waals surface area contributed by atoms with Gasteiger partial charge in [-0.2, -0.15) is 0 Å². The van der Waals surface area contributed by atoms with Crippen LogP contribution in [0.25, 0.3) is 22.3 Å². The summed E-state index contributed by atoms with van der Waals surface area (Å²) < 4.78 is 0. The van der Waals surface area contributed by atoms with Gasteiger partial charge in [-0.25, -0.2) is 0 Å². The highest BCUT2D eigenvalue weighted by Crippen LogP contribution is 2.53. The highest BCUT2D eigenvalue weighted by Gasteiger charge is 2.45. The molecular weight excluding hydrogens is 858 g/mol. The minimum Gasteiger partial charge on any atom is -0.311 e. The van der Waals surface area contributed by atoms with Crippen molar-refractivity contribution in [3.63, 3.8) is 0 Å². The number of benzene rings is 9. The molecule has 71 heavy (non-hydrogen) atoms. The Balaban J connectivity index is 1.20. The second kappa shape index (κ2) is 17.1. The van der Waals surface area contributed by atoms with Gasteiger partial charge in [0.25, 0.3) is 6.71 Å². The van der Waals surface area contributed by atoms with Gasteiger partial charge in [-0.05, 0) is 152 Å². The minimum atomic E-state index is -0.161. The summed E-state index contributed by atoms with van der Waals surface area (Å²) >= 11 is 0. The van der Waals surface area contributed by atoms with Crippen LogP contribution in [0, 0.1) is 6.92 Å². The van der Waals surface area contributed by atoms with Crippen LogP contribution in [0.1, 0.15) is 107 Å². The van der Waals surface area contributed by atoms with Crippen LogP contribution in [0.4, 0.5) is 51.2 Å². The minimum absolute atomic E-state index is 0.0186. The van der Waals surface area contributed by atoms with Crippen molar-refractivity contribution in [1.29, 1.82) is 0 Å². The maximum absolute atomic E-state index is 2.61. The van der Waals surface area contributed by atoms with E-state index in [9.17, 15) is 0 Å². The molecule has 4 heteroatoms. The zero-order chi connectivity index (χ0) is 48.9. The fraction of sp³-hybridized carbons (Fsp3) is 0.194. The second-order valence-corrected chi connectivity index (χ2v) is 21.6. The van der Waals surface area contributed by atoms with Gasteiger partial charge in [0.15, 0.2) is 0 Å². The molecule has 9 aromatic carbocycles. The van der Waals surface area contributed by atoms with Crippen molar-refractivity contribution in [2.24, 2.45) is 0 Å². The van der Waals surface area contributed by atoms with Crippen LogP contribution in [0.15, 0.2) is 194 Å². The van der Waals surface area contributed by atoms with Gasteiger partial charge in [0, 0.05) is 50.8 Å². The molecule has 2 heterocycles. The highest BCUT2D eigenvalue weighted by molar-refractivity contribution is 7.00. The lowest BCUT2D eigenvalue weighted by Gasteiger charge is -2.45. The Kier molecular flexibility index (Phi) is 10.7. The number of anilines is 9. The van der Waals surface area contributed by atoms with Crippen LogP contribution in [-0.4, -0.2) is 6.71 Å². The lowest BCUT2D eigenvalue weighted by Crippen LogP contribution is -2.61. The number of para-hydroxylation sites is 2. The van der Waals surface area contributed by atoms with Crippen molar-refractivity contribution in [3.05, 3.63) is 228 Å². The third-order valence-corrected chi connectivity index (χ3v) is 15.9. The molecule has 1 aliphatic carbocycles. The van der Waals surface area contributed by atoms with E-state index >= 15 is 0 Å². The van der Waals surface area contributed by atoms with E-state index in [1.807, 2.05) is 0 Å². The molecule has 9 aromatic rings. The van der Waals surface area contributed by atoms with E-state index in [1.54, 1.807) is 0 Å². The van der Waals surface area contributed by atoms with E-state index < -0.39 is 0 Å². The summed E-state index contributed by atoms with van der Waals surface area (Å²) in [5.41, 5.74) is 27.4. The van der Waals surface area contributed by atoms with E-state index in [1.165, 1.54) is 94.8 Å².